The highest BCUT2D eigenvalue weighted by Crippen LogP contribution is 2.49. The molecule has 0 spiro atoms. The minimum atomic E-state index is -0.0102. The van der Waals surface area contributed by atoms with Crippen LogP contribution in [-0.2, 0) is 4.79 Å². The van der Waals surface area contributed by atoms with Crippen LogP contribution in [0.5, 0.6) is 0 Å². The van der Waals surface area contributed by atoms with Crippen molar-refractivity contribution in [1.29, 1.82) is 0 Å². The molecule has 0 saturated carbocycles. The number of thiocarbonyl (C=S) groups is 1. The Balaban J connectivity index is 1.69. The van der Waals surface area contributed by atoms with Gasteiger partial charge in [0.25, 0.3) is 5.91 Å². The van der Waals surface area contributed by atoms with Crippen molar-refractivity contribution in [2.75, 3.05) is 18.0 Å². The van der Waals surface area contributed by atoms with Crippen LogP contribution in [0.15, 0.2) is 39.1 Å². The highest BCUT2D eigenvalue weighted by molar-refractivity contribution is 8.26. The van der Waals surface area contributed by atoms with E-state index in [9.17, 15) is 4.79 Å². The Morgan fingerprint density at radius 1 is 1.16 bits per heavy atom. The zero-order valence-corrected chi connectivity index (χ0v) is 16.8. The fraction of sp³-hybridized carbons (Fsp3) is 0.250. The van der Waals surface area contributed by atoms with E-state index >= 15 is 0 Å². The second-order valence-corrected chi connectivity index (χ2v) is 8.83. The number of rotatable bonds is 3. The number of thioether (sulfide) groups is 2. The summed E-state index contributed by atoms with van der Waals surface area (Å²) >= 11 is 9.71. The maximum atomic E-state index is 12.3. The quantitative estimate of drug-likeness (QED) is 0.558. The Morgan fingerprint density at radius 2 is 1.96 bits per heavy atom. The monoisotopic (exact) mass is 406 g/mol. The summed E-state index contributed by atoms with van der Waals surface area (Å²) in [4.78, 5) is 18.0. The van der Waals surface area contributed by atoms with Gasteiger partial charge < -0.3 is 4.90 Å². The van der Waals surface area contributed by atoms with Crippen LogP contribution in [0.1, 0.15) is 13.8 Å². The van der Waals surface area contributed by atoms with Crippen molar-refractivity contribution in [1.82, 2.24) is 14.5 Å². The molecule has 3 heterocycles. The number of carbonyl (C=O) groups is 1. The van der Waals surface area contributed by atoms with Gasteiger partial charge in [0, 0.05) is 13.1 Å². The van der Waals surface area contributed by atoms with E-state index in [4.69, 9.17) is 12.2 Å². The molecule has 128 valence electrons. The zero-order chi connectivity index (χ0) is 17.6. The second-order valence-electron chi connectivity index (χ2n) is 5.33. The molecular formula is C16H14N4OS4. The first kappa shape index (κ1) is 17.0. The van der Waals surface area contributed by atoms with Crippen molar-refractivity contribution in [2.45, 2.75) is 18.7 Å². The minimum absolute atomic E-state index is 0.0102. The molecule has 0 radical (unpaired) electrons. The lowest BCUT2D eigenvalue weighted by Crippen LogP contribution is -2.27. The molecule has 1 saturated heterocycles. The number of aromatic nitrogens is 2. The van der Waals surface area contributed by atoms with Crippen LogP contribution >= 0.6 is 47.3 Å². The van der Waals surface area contributed by atoms with Crippen LogP contribution in [0.3, 0.4) is 0 Å². The van der Waals surface area contributed by atoms with Crippen molar-refractivity contribution in [2.24, 2.45) is 0 Å². The molecule has 0 atom stereocenters. The van der Waals surface area contributed by atoms with Gasteiger partial charge in [-0.3, -0.25) is 9.69 Å². The third-order valence-electron chi connectivity index (χ3n) is 4.00. The molecule has 9 heteroatoms. The van der Waals surface area contributed by atoms with E-state index in [1.54, 1.807) is 16.7 Å². The minimum Gasteiger partial charge on any atom is -0.335 e. The molecule has 0 unspecified atom stereocenters. The lowest BCUT2D eigenvalue weighted by Gasteiger charge is -2.17. The van der Waals surface area contributed by atoms with E-state index in [-0.39, 0.29) is 5.91 Å². The Kier molecular flexibility index (Phi) is 4.57. The normalized spacial score (nSPS) is 20.6. The van der Waals surface area contributed by atoms with E-state index in [0.717, 1.165) is 32.4 Å². The van der Waals surface area contributed by atoms with E-state index in [1.165, 1.54) is 23.3 Å². The summed E-state index contributed by atoms with van der Waals surface area (Å²) in [6, 6.07) is 4.18. The van der Waals surface area contributed by atoms with Crippen LogP contribution in [-0.4, -0.2) is 37.8 Å². The number of benzene rings is 1. The molecule has 0 N–H and O–H groups in total. The highest BCUT2D eigenvalue weighted by atomic mass is 32.2. The van der Waals surface area contributed by atoms with Crippen LogP contribution < -0.4 is 4.90 Å². The maximum absolute atomic E-state index is 12.3. The standard InChI is InChI=1S/C16H14N4OS4/c1-3-19-9-5-6-10-13(17-18-25-10)14(9)24-12(19)8-7-11-15(21)20(4-2)16(22)23-11/h5-8H,3-4H2,1-2H3/b11-7+,12-8-. The van der Waals surface area contributed by atoms with Crippen molar-refractivity contribution >= 4 is 73.4 Å². The van der Waals surface area contributed by atoms with Gasteiger partial charge in [-0.2, -0.15) is 0 Å². The number of amides is 1. The summed E-state index contributed by atoms with van der Waals surface area (Å²) in [6.07, 6.45) is 3.88. The highest BCUT2D eigenvalue weighted by Gasteiger charge is 2.31. The second kappa shape index (κ2) is 6.71. The number of hydrogen-bond acceptors (Lipinski definition) is 8. The van der Waals surface area contributed by atoms with Gasteiger partial charge in [0.1, 0.15) is 9.84 Å². The number of fused-ring (bicyclic) bond motifs is 3. The summed E-state index contributed by atoms with van der Waals surface area (Å²) in [7, 11) is 0. The van der Waals surface area contributed by atoms with Crippen LogP contribution in [0.2, 0.25) is 0 Å². The largest absolute Gasteiger partial charge is 0.335 e. The number of allylic oxidation sites excluding steroid dienone is 2. The molecule has 1 aromatic heterocycles. The van der Waals surface area contributed by atoms with Crippen molar-refractivity contribution in [3.63, 3.8) is 0 Å². The van der Waals surface area contributed by atoms with Gasteiger partial charge in [0.2, 0.25) is 0 Å². The maximum Gasteiger partial charge on any atom is 0.266 e. The predicted molar refractivity (Wildman–Crippen MR) is 110 cm³/mol. The Bertz CT molecular complexity index is 949. The van der Waals surface area contributed by atoms with Gasteiger partial charge in [-0.1, -0.05) is 40.2 Å². The van der Waals surface area contributed by atoms with Crippen molar-refractivity contribution in [3.8, 4) is 0 Å². The fourth-order valence-electron chi connectivity index (χ4n) is 2.79. The van der Waals surface area contributed by atoms with Crippen molar-refractivity contribution in [3.05, 3.63) is 34.2 Å². The SMILES string of the molecule is CCN1C(=O)/C(=C\C=C2/Sc3c(ccc4snnc34)N2CC)SC1=S. The third-order valence-corrected chi connectivity index (χ3v) is 7.26. The first-order valence-corrected chi connectivity index (χ1v) is 10.6. The average Bonchev–Trinajstić information content (AvgIpc) is 3.27. The summed E-state index contributed by atoms with van der Waals surface area (Å²) < 4.78 is 5.78. The van der Waals surface area contributed by atoms with Crippen LogP contribution in [0, 0.1) is 0 Å². The summed E-state index contributed by atoms with van der Waals surface area (Å²) in [5.41, 5.74) is 2.10. The fourth-order valence-corrected chi connectivity index (χ4v) is 5.96. The smallest absolute Gasteiger partial charge is 0.266 e. The Labute approximate surface area is 163 Å². The number of carbonyl (C=O) groups excluding carboxylic acids is 1. The summed E-state index contributed by atoms with van der Waals surface area (Å²) in [5.74, 6) is -0.0102. The number of hydrogen-bond donors (Lipinski definition) is 0. The lowest BCUT2D eigenvalue weighted by atomic mass is 10.2. The van der Waals surface area contributed by atoms with E-state index in [2.05, 4.69) is 33.5 Å². The molecule has 2 aliphatic rings. The first-order chi connectivity index (χ1) is 12.1. The first-order valence-electron chi connectivity index (χ1n) is 7.80. The molecule has 4 rings (SSSR count). The van der Waals surface area contributed by atoms with E-state index < -0.39 is 0 Å². The number of nitrogens with zero attached hydrogens (tertiary/aromatic N) is 4. The summed E-state index contributed by atoms with van der Waals surface area (Å²) in [6.45, 7) is 5.50. The van der Waals surface area contributed by atoms with Gasteiger partial charge in [-0.05, 0) is 49.7 Å². The molecular weight excluding hydrogens is 392 g/mol. The van der Waals surface area contributed by atoms with Crippen LogP contribution in [0.4, 0.5) is 5.69 Å². The molecule has 0 aliphatic carbocycles. The van der Waals surface area contributed by atoms with Gasteiger partial charge in [0.15, 0.2) is 0 Å². The molecule has 2 aliphatic heterocycles. The molecule has 1 aromatic carbocycles. The molecule has 2 aromatic rings. The van der Waals surface area contributed by atoms with Crippen molar-refractivity contribution < 1.29 is 4.79 Å². The number of anilines is 1. The molecule has 1 amide bonds. The Morgan fingerprint density at radius 3 is 2.68 bits per heavy atom. The predicted octanol–water partition coefficient (Wildman–Crippen LogP) is 4.23. The number of likely N-dealkylation sites (N-methyl/N-ethyl adjacent to an activating group) is 1. The van der Waals surface area contributed by atoms with Crippen LogP contribution in [0.25, 0.3) is 10.2 Å². The van der Waals surface area contributed by atoms with Gasteiger partial charge in [-0.15, -0.1) is 5.10 Å². The van der Waals surface area contributed by atoms with Gasteiger partial charge in [-0.25, -0.2) is 0 Å². The van der Waals surface area contributed by atoms with E-state index in [1.807, 2.05) is 19.1 Å². The molecule has 5 nitrogen and oxygen atoms in total. The average molecular weight is 407 g/mol. The van der Waals surface area contributed by atoms with E-state index in [0.29, 0.717) is 15.8 Å². The molecule has 1 fully saturated rings. The Hall–Kier alpha value is -1.42. The molecule has 0 bridgehead atoms. The summed E-state index contributed by atoms with van der Waals surface area (Å²) in [5, 5.41) is 5.35. The lowest BCUT2D eigenvalue weighted by molar-refractivity contribution is -0.122. The molecule has 25 heavy (non-hydrogen) atoms. The zero-order valence-electron chi connectivity index (χ0n) is 13.6. The third kappa shape index (κ3) is 2.79. The van der Waals surface area contributed by atoms with Gasteiger partial charge in [0.05, 0.1) is 25.2 Å². The van der Waals surface area contributed by atoms with Gasteiger partial charge >= 0.3 is 0 Å². The topological polar surface area (TPSA) is 49.3 Å².